The van der Waals surface area contributed by atoms with E-state index in [1.54, 1.807) is 12.1 Å². The van der Waals surface area contributed by atoms with E-state index >= 15 is 0 Å². The summed E-state index contributed by atoms with van der Waals surface area (Å²) in [4.78, 5) is 4.55. The van der Waals surface area contributed by atoms with Crippen molar-refractivity contribution in [2.45, 2.75) is 19.9 Å². The minimum Gasteiger partial charge on any atom is -0.508 e. The number of halogens is 1. The van der Waals surface area contributed by atoms with Gasteiger partial charge in [0.05, 0.1) is 6.54 Å². The number of phenolic OH excluding ortho intramolecular Hbond substituents is 1. The van der Waals surface area contributed by atoms with Crippen LogP contribution in [0.4, 0.5) is 0 Å². The smallest absolute Gasteiger partial charge is 0.191 e. The fourth-order valence-corrected chi connectivity index (χ4v) is 2.37. The Balaban J connectivity index is 1.90. The van der Waals surface area contributed by atoms with E-state index in [0.29, 0.717) is 12.3 Å². The number of nitrogens with one attached hydrogen (secondary N) is 2. The molecular formula is C18H22ClN3O. The summed E-state index contributed by atoms with van der Waals surface area (Å²) in [5, 5.41) is 16.7. The number of benzene rings is 2. The van der Waals surface area contributed by atoms with Crippen molar-refractivity contribution in [2.75, 3.05) is 13.1 Å². The summed E-state index contributed by atoms with van der Waals surface area (Å²) < 4.78 is 0. The van der Waals surface area contributed by atoms with Gasteiger partial charge in [-0.3, -0.25) is 0 Å². The number of guanidine groups is 1. The van der Waals surface area contributed by atoms with Crippen molar-refractivity contribution in [1.82, 2.24) is 10.6 Å². The minimum atomic E-state index is 0.293. The molecule has 0 unspecified atom stereocenters. The molecule has 0 bridgehead atoms. The summed E-state index contributed by atoms with van der Waals surface area (Å²) in [6.45, 7) is 4.08. The Labute approximate surface area is 142 Å². The lowest BCUT2D eigenvalue weighted by Gasteiger charge is -2.11. The van der Waals surface area contributed by atoms with Gasteiger partial charge in [-0.25, -0.2) is 4.99 Å². The lowest BCUT2D eigenvalue weighted by Crippen LogP contribution is -2.38. The summed E-state index contributed by atoms with van der Waals surface area (Å²) in [6, 6.07) is 15.0. The van der Waals surface area contributed by atoms with Crippen LogP contribution in [0.15, 0.2) is 53.5 Å². The number of hydrogen-bond acceptors (Lipinski definition) is 2. The third-order valence-electron chi connectivity index (χ3n) is 3.33. The topological polar surface area (TPSA) is 56.7 Å². The Morgan fingerprint density at radius 1 is 1.13 bits per heavy atom. The van der Waals surface area contributed by atoms with Crippen LogP contribution < -0.4 is 10.6 Å². The Kier molecular flexibility index (Phi) is 6.76. The molecule has 3 N–H and O–H groups in total. The largest absolute Gasteiger partial charge is 0.508 e. The Morgan fingerprint density at radius 2 is 1.96 bits per heavy atom. The van der Waals surface area contributed by atoms with Gasteiger partial charge < -0.3 is 15.7 Å². The van der Waals surface area contributed by atoms with Crippen LogP contribution in [0.1, 0.15) is 18.1 Å². The number of hydrogen-bond donors (Lipinski definition) is 3. The summed E-state index contributed by atoms with van der Waals surface area (Å²) in [6.07, 6.45) is 0.810. The van der Waals surface area contributed by atoms with Crippen LogP contribution in [-0.4, -0.2) is 24.2 Å². The lowest BCUT2D eigenvalue weighted by atomic mass is 10.1. The number of rotatable bonds is 6. The first-order chi connectivity index (χ1) is 11.2. The SMILES string of the molecule is CCNC(=NCc1ccccc1Cl)NCCc1cccc(O)c1. The maximum Gasteiger partial charge on any atom is 0.191 e. The van der Waals surface area contributed by atoms with Gasteiger partial charge >= 0.3 is 0 Å². The maximum atomic E-state index is 9.47. The van der Waals surface area contributed by atoms with Crippen LogP contribution in [0.3, 0.4) is 0 Å². The van der Waals surface area contributed by atoms with E-state index < -0.39 is 0 Å². The van der Waals surface area contributed by atoms with E-state index in [2.05, 4.69) is 15.6 Å². The molecule has 122 valence electrons. The van der Waals surface area contributed by atoms with Gasteiger partial charge in [0, 0.05) is 18.1 Å². The van der Waals surface area contributed by atoms with Crippen molar-refractivity contribution in [1.29, 1.82) is 0 Å². The standard InChI is InChI=1S/C18H22ClN3O/c1-2-20-18(22-13-15-7-3-4-9-17(15)19)21-11-10-14-6-5-8-16(23)12-14/h3-9,12,23H,2,10-11,13H2,1H3,(H2,20,21,22). The molecule has 2 rings (SSSR count). The highest BCUT2D eigenvalue weighted by Crippen LogP contribution is 2.15. The van der Waals surface area contributed by atoms with E-state index in [1.807, 2.05) is 43.3 Å². The number of nitrogens with zero attached hydrogens (tertiary/aromatic N) is 1. The molecule has 4 nitrogen and oxygen atoms in total. The number of phenols is 1. The molecule has 0 aliphatic rings. The molecule has 5 heteroatoms. The maximum absolute atomic E-state index is 9.47. The second kappa shape index (κ2) is 9.06. The van der Waals surface area contributed by atoms with Crippen LogP contribution in [0.5, 0.6) is 5.75 Å². The van der Waals surface area contributed by atoms with Gasteiger partial charge in [-0.05, 0) is 42.7 Å². The molecule has 2 aromatic rings. The van der Waals surface area contributed by atoms with Gasteiger partial charge in [0.25, 0.3) is 0 Å². The van der Waals surface area contributed by atoms with Crippen molar-refractivity contribution in [3.05, 3.63) is 64.7 Å². The highest BCUT2D eigenvalue weighted by molar-refractivity contribution is 6.31. The van der Waals surface area contributed by atoms with E-state index in [0.717, 1.165) is 41.6 Å². The van der Waals surface area contributed by atoms with Crippen molar-refractivity contribution in [3.8, 4) is 5.75 Å². The molecule has 0 spiro atoms. The van der Waals surface area contributed by atoms with E-state index in [9.17, 15) is 5.11 Å². The van der Waals surface area contributed by atoms with Gasteiger partial charge in [0.1, 0.15) is 5.75 Å². The third kappa shape index (κ3) is 5.83. The fraction of sp³-hybridized carbons (Fsp3) is 0.278. The average molecular weight is 332 g/mol. The van der Waals surface area contributed by atoms with E-state index in [1.165, 1.54) is 0 Å². The first-order valence-corrected chi connectivity index (χ1v) is 8.10. The zero-order valence-electron chi connectivity index (χ0n) is 13.2. The van der Waals surface area contributed by atoms with Gasteiger partial charge in [0.2, 0.25) is 0 Å². The van der Waals surface area contributed by atoms with E-state index in [-0.39, 0.29) is 0 Å². The highest BCUT2D eigenvalue weighted by atomic mass is 35.5. The molecule has 0 aliphatic heterocycles. The van der Waals surface area contributed by atoms with Crippen LogP contribution in [0, 0.1) is 0 Å². The number of aromatic hydroxyl groups is 1. The minimum absolute atomic E-state index is 0.293. The van der Waals surface area contributed by atoms with Crippen LogP contribution >= 0.6 is 11.6 Å². The van der Waals surface area contributed by atoms with Gasteiger partial charge in [-0.2, -0.15) is 0 Å². The van der Waals surface area contributed by atoms with E-state index in [4.69, 9.17) is 11.6 Å². The second-order valence-corrected chi connectivity index (χ2v) is 5.54. The second-order valence-electron chi connectivity index (χ2n) is 5.13. The zero-order chi connectivity index (χ0) is 16.5. The van der Waals surface area contributed by atoms with Crippen molar-refractivity contribution < 1.29 is 5.11 Å². The summed E-state index contributed by atoms with van der Waals surface area (Å²) in [7, 11) is 0. The normalized spacial score (nSPS) is 11.3. The predicted octanol–water partition coefficient (Wildman–Crippen LogP) is 3.34. The Morgan fingerprint density at radius 3 is 2.70 bits per heavy atom. The van der Waals surface area contributed by atoms with Gasteiger partial charge in [-0.1, -0.05) is 41.9 Å². The molecule has 0 aromatic heterocycles. The van der Waals surface area contributed by atoms with Gasteiger partial charge in [-0.15, -0.1) is 0 Å². The number of aliphatic imine (C=N–C) groups is 1. The monoisotopic (exact) mass is 331 g/mol. The summed E-state index contributed by atoms with van der Waals surface area (Å²) in [5.41, 5.74) is 2.08. The molecule has 0 amide bonds. The van der Waals surface area contributed by atoms with Crippen LogP contribution in [0.2, 0.25) is 5.02 Å². The third-order valence-corrected chi connectivity index (χ3v) is 3.69. The highest BCUT2D eigenvalue weighted by Gasteiger charge is 2.01. The lowest BCUT2D eigenvalue weighted by molar-refractivity contribution is 0.474. The van der Waals surface area contributed by atoms with Crippen LogP contribution in [0.25, 0.3) is 0 Å². The molecule has 0 aliphatic carbocycles. The molecular weight excluding hydrogens is 310 g/mol. The zero-order valence-corrected chi connectivity index (χ0v) is 14.0. The first-order valence-electron chi connectivity index (χ1n) is 7.72. The summed E-state index contributed by atoms with van der Waals surface area (Å²) >= 11 is 6.15. The van der Waals surface area contributed by atoms with Crippen LogP contribution in [-0.2, 0) is 13.0 Å². The molecule has 23 heavy (non-hydrogen) atoms. The predicted molar refractivity (Wildman–Crippen MR) is 96.1 cm³/mol. The Hall–Kier alpha value is -2.20. The first kappa shape index (κ1) is 17.2. The average Bonchev–Trinajstić information content (AvgIpc) is 2.54. The molecule has 0 saturated carbocycles. The molecule has 0 radical (unpaired) electrons. The molecule has 0 fully saturated rings. The molecule has 2 aromatic carbocycles. The summed E-state index contributed by atoms with van der Waals surface area (Å²) in [5.74, 6) is 1.05. The molecule has 0 atom stereocenters. The van der Waals surface area contributed by atoms with Gasteiger partial charge in [0.15, 0.2) is 5.96 Å². The van der Waals surface area contributed by atoms with Crippen molar-refractivity contribution in [3.63, 3.8) is 0 Å². The Bertz CT molecular complexity index is 658. The van der Waals surface area contributed by atoms with Crippen molar-refractivity contribution in [2.24, 2.45) is 4.99 Å². The quantitative estimate of drug-likeness (QED) is 0.562. The molecule has 0 saturated heterocycles. The molecule has 0 heterocycles. The fourth-order valence-electron chi connectivity index (χ4n) is 2.17. The van der Waals surface area contributed by atoms with Crippen molar-refractivity contribution >= 4 is 17.6 Å².